The first-order valence-electron chi connectivity index (χ1n) is 14.9. The first-order chi connectivity index (χ1) is 20.1. The van der Waals surface area contributed by atoms with E-state index in [1.165, 1.54) is 10.7 Å². The van der Waals surface area contributed by atoms with E-state index in [0.29, 0.717) is 12.1 Å². The number of sulfonamides is 1. The topological polar surface area (TPSA) is 86.8 Å². The Morgan fingerprint density at radius 1 is 0.857 bits per heavy atom. The van der Waals surface area contributed by atoms with Gasteiger partial charge in [-0.15, -0.1) is 0 Å². The van der Waals surface area contributed by atoms with Gasteiger partial charge in [-0.1, -0.05) is 91.9 Å². The van der Waals surface area contributed by atoms with Gasteiger partial charge in [-0.05, 0) is 69.4 Å². The lowest BCUT2D eigenvalue weighted by atomic mass is 9.95. The van der Waals surface area contributed by atoms with Crippen LogP contribution < -0.4 is 9.62 Å². The third kappa shape index (κ3) is 7.59. The van der Waals surface area contributed by atoms with E-state index in [9.17, 15) is 18.0 Å². The molecule has 0 spiro atoms. The van der Waals surface area contributed by atoms with Crippen molar-refractivity contribution < 1.29 is 18.0 Å². The van der Waals surface area contributed by atoms with E-state index in [1.54, 1.807) is 41.3 Å². The zero-order valence-electron chi connectivity index (χ0n) is 25.2. The molecule has 2 amide bonds. The third-order valence-electron chi connectivity index (χ3n) is 8.08. The molecular weight excluding hydrogens is 546 g/mol. The summed E-state index contributed by atoms with van der Waals surface area (Å²) in [5.74, 6) is -0.617. The van der Waals surface area contributed by atoms with Gasteiger partial charge in [0.1, 0.15) is 12.6 Å². The molecular formula is C34H43N3O4S. The Morgan fingerprint density at radius 3 is 2.05 bits per heavy atom. The first kappa shape index (κ1) is 31.3. The van der Waals surface area contributed by atoms with Crippen LogP contribution in [0.2, 0.25) is 0 Å². The highest BCUT2D eigenvalue weighted by molar-refractivity contribution is 7.92. The molecule has 0 saturated heterocycles. The molecule has 0 radical (unpaired) electrons. The average molecular weight is 590 g/mol. The molecule has 1 N–H and O–H groups in total. The molecule has 3 aromatic rings. The van der Waals surface area contributed by atoms with Crippen molar-refractivity contribution in [3.8, 4) is 0 Å². The van der Waals surface area contributed by atoms with Crippen molar-refractivity contribution in [2.75, 3.05) is 10.8 Å². The highest BCUT2D eigenvalue weighted by atomic mass is 32.2. The number of hydrogen-bond acceptors (Lipinski definition) is 4. The highest BCUT2D eigenvalue weighted by Gasteiger charge is 2.34. The minimum absolute atomic E-state index is 0.0991. The zero-order valence-corrected chi connectivity index (χ0v) is 26.0. The fourth-order valence-corrected chi connectivity index (χ4v) is 7.03. The van der Waals surface area contributed by atoms with Gasteiger partial charge < -0.3 is 10.2 Å². The Hall–Kier alpha value is -3.65. The van der Waals surface area contributed by atoms with E-state index >= 15 is 0 Å². The zero-order chi connectivity index (χ0) is 30.3. The average Bonchev–Trinajstić information content (AvgIpc) is 2.98. The number of aryl methyl sites for hydroxylation is 3. The molecule has 42 heavy (non-hydrogen) atoms. The number of anilines is 1. The van der Waals surface area contributed by atoms with Crippen LogP contribution in [0.25, 0.3) is 0 Å². The second kappa shape index (κ2) is 14.0. The maximum Gasteiger partial charge on any atom is 0.264 e. The Labute approximate surface area is 251 Å². The summed E-state index contributed by atoms with van der Waals surface area (Å²) < 4.78 is 29.3. The molecule has 1 atom stereocenters. The summed E-state index contributed by atoms with van der Waals surface area (Å²) in [6, 6.07) is 21.0. The number of hydrogen-bond donors (Lipinski definition) is 1. The van der Waals surface area contributed by atoms with Crippen LogP contribution in [-0.4, -0.2) is 43.8 Å². The smallest absolute Gasteiger partial charge is 0.264 e. The Bertz CT molecular complexity index is 1460. The molecule has 1 unspecified atom stereocenters. The van der Waals surface area contributed by atoms with Crippen LogP contribution in [0.5, 0.6) is 0 Å². The molecule has 4 rings (SSSR count). The third-order valence-corrected chi connectivity index (χ3v) is 9.86. The van der Waals surface area contributed by atoms with E-state index in [4.69, 9.17) is 0 Å². The maximum absolute atomic E-state index is 14.3. The van der Waals surface area contributed by atoms with Crippen molar-refractivity contribution in [2.24, 2.45) is 0 Å². The number of carbonyl (C=O) groups is 2. The molecule has 1 fully saturated rings. The van der Waals surface area contributed by atoms with Crippen LogP contribution >= 0.6 is 0 Å². The van der Waals surface area contributed by atoms with E-state index in [2.05, 4.69) is 5.32 Å². The standard InChI is InChI=1S/C34H43N3O4S/c1-5-31(34(39)35-29-12-7-6-8-13-29)36(23-28-19-15-25(2)16-20-28)33(38)24-37(32-14-10-9-11-27(32)4)42(40,41)30-21-17-26(3)18-22-30/h9-11,14-22,29,31H,5-8,12-13,23-24H2,1-4H3,(H,35,39). The number of carbonyl (C=O) groups excluding carboxylic acids is 2. The van der Waals surface area contributed by atoms with Crippen LogP contribution in [0.1, 0.15) is 67.7 Å². The number of rotatable bonds is 11. The van der Waals surface area contributed by atoms with Gasteiger partial charge in [-0.25, -0.2) is 8.42 Å². The van der Waals surface area contributed by atoms with Crippen molar-refractivity contribution in [3.05, 3.63) is 95.1 Å². The molecule has 7 nitrogen and oxygen atoms in total. The summed E-state index contributed by atoms with van der Waals surface area (Å²) in [4.78, 5) is 29.6. The normalized spacial score (nSPS) is 14.7. The van der Waals surface area contributed by atoms with Gasteiger partial charge in [0.25, 0.3) is 10.0 Å². The van der Waals surface area contributed by atoms with Crippen LogP contribution in [0.4, 0.5) is 5.69 Å². The lowest BCUT2D eigenvalue weighted by Gasteiger charge is -2.34. The van der Waals surface area contributed by atoms with E-state index in [-0.39, 0.29) is 23.4 Å². The number of para-hydroxylation sites is 1. The van der Waals surface area contributed by atoms with Crippen molar-refractivity contribution in [1.29, 1.82) is 0 Å². The SMILES string of the molecule is CCC(C(=O)NC1CCCCC1)N(Cc1ccc(C)cc1)C(=O)CN(c1ccccc1C)S(=O)(=O)c1ccc(C)cc1. The molecule has 0 bridgehead atoms. The Balaban J connectivity index is 1.71. The van der Waals surface area contributed by atoms with Gasteiger partial charge in [0.15, 0.2) is 0 Å². The van der Waals surface area contributed by atoms with Gasteiger partial charge in [-0.3, -0.25) is 13.9 Å². The van der Waals surface area contributed by atoms with Gasteiger partial charge >= 0.3 is 0 Å². The Kier molecular flexibility index (Phi) is 10.4. The fourth-order valence-electron chi connectivity index (χ4n) is 5.55. The molecule has 0 aliphatic heterocycles. The van der Waals surface area contributed by atoms with Crippen LogP contribution in [-0.2, 0) is 26.2 Å². The maximum atomic E-state index is 14.3. The molecule has 1 aliphatic rings. The van der Waals surface area contributed by atoms with Crippen molar-refractivity contribution in [1.82, 2.24) is 10.2 Å². The number of amides is 2. The minimum atomic E-state index is -4.09. The predicted molar refractivity (Wildman–Crippen MR) is 168 cm³/mol. The number of nitrogens with one attached hydrogen (secondary N) is 1. The first-order valence-corrected chi connectivity index (χ1v) is 16.3. The second-order valence-electron chi connectivity index (χ2n) is 11.4. The quantitative estimate of drug-likeness (QED) is 0.294. The van der Waals surface area contributed by atoms with E-state index < -0.39 is 28.5 Å². The summed E-state index contributed by atoms with van der Waals surface area (Å²) in [7, 11) is -4.09. The summed E-state index contributed by atoms with van der Waals surface area (Å²) in [5, 5.41) is 3.19. The largest absolute Gasteiger partial charge is 0.352 e. The monoisotopic (exact) mass is 589 g/mol. The number of benzene rings is 3. The van der Waals surface area contributed by atoms with Crippen LogP contribution in [0.15, 0.2) is 77.7 Å². The molecule has 224 valence electrons. The Morgan fingerprint density at radius 2 is 1.45 bits per heavy atom. The van der Waals surface area contributed by atoms with Crippen molar-refractivity contribution in [3.63, 3.8) is 0 Å². The number of nitrogens with zero attached hydrogens (tertiary/aromatic N) is 2. The van der Waals surface area contributed by atoms with Crippen LogP contribution in [0, 0.1) is 20.8 Å². The summed E-state index contributed by atoms with van der Waals surface area (Å²) in [6.45, 7) is 7.37. The van der Waals surface area contributed by atoms with Gasteiger partial charge in [0.2, 0.25) is 11.8 Å². The van der Waals surface area contributed by atoms with Crippen LogP contribution in [0.3, 0.4) is 0 Å². The minimum Gasteiger partial charge on any atom is -0.352 e. The molecule has 8 heteroatoms. The van der Waals surface area contributed by atoms with Gasteiger partial charge in [0, 0.05) is 12.6 Å². The molecule has 0 aromatic heterocycles. The molecule has 0 heterocycles. The second-order valence-corrected chi connectivity index (χ2v) is 13.2. The molecule has 1 aliphatic carbocycles. The van der Waals surface area contributed by atoms with Gasteiger partial charge in [0.05, 0.1) is 10.6 Å². The van der Waals surface area contributed by atoms with Gasteiger partial charge in [-0.2, -0.15) is 0 Å². The van der Waals surface area contributed by atoms with Crippen molar-refractivity contribution in [2.45, 2.75) is 89.7 Å². The fraction of sp³-hybridized carbons (Fsp3) is 0.412. The lowest BCUT2D eigenvalue weighted by Crippen LogP contribution is -2.54. The van der Waals surface area contributed by atoms with E-state index in [1.807, 2.05) is 64.1 Å². The summed E-state index contributed by atoms with van der Waals surface area (Å²) in [5.41, 5.74) is 4.07. The van der Waals surface area contributed by atoms with Crippen molar-refractivity contribution >= 4 is 27.5 Å². The molecule has 1 saturated carbocycles. The predicted octanol–water partition coefficient (Wildman–Crippen LogP) is 6.06. The summed E-state index contributed by atoms with van der Waals surface area (Å²) >= 11 is 0. The molecule has 3 aromatic carbocycles. The summed E-state index contributed by atoms with van der Waals surface area (Å²) in [6.07, 6.45) is 5.61. The van der Waals surface area contributed by atoms with E-state index in [0.717, 1.165) is 47.9 Å². The lowest BCUT2D eigenvalue weighted by molar-refractivity contribution is -0.140. The highest BCUT2D eigenvalue weighted by Crippen LogP contribution is 2.28.